The molecule has 3 atom stereocenters. The molecule has 0 aliphatic carbocycles. The Hall–Kier alpha value is -2.31. The first-order valence-electron chi connectivity index (χ1n) is 10.2. The molecule has 32 heavy (non-hydrogen) atoms. The maximum absolute atomic E-state index is 12.9. The van der Waals surface area contributed by atoms with Crippen molar-refractivity contribution < 1.29 is 28.2 Å². The lowest BCUT2D eigenvalue weighted by molar-refractivity contribution is -0.0629. The van der Waals surface area contributed by atoms with E-state index in [2.05, 4.69) is 20.3 Å². The van der Waals surface area contributed by atoms with Gasteiger partial charge in [-0.1, -0.05) is 36.8 Å². The highest BCUT2D eigenvalue weighted by molar-refractivity contribution is 7.17. The summed E-state index contributed by atoms with van der Waals surface area (Å²) in [5.41, 5.74) is 0.648. The Morgan fingerprint density at radius 2 is 2.22 bits per heavy atom. The van der Waals surface area contributed by atoms with Crippen molar-refractivity contribution in [3.8, 4) is 0 Å². The van der Waals surface area contributed by atoms with E-state index in [-0.39, 0.29) is 27.8 Å². The van der Waals surface area contributed by atoms with Crippen LogP contribution in [0, 0.1) is 5.92 Å². The number of hydrogen-bond acceptors (Lipinski definition) is 7. The van der Waals surface area contributed by atoms with Crippen LogP contribution in [0.5, 0.6) is 0 Å². The number of anilines is 1. The van der Waals surface area contributed by atoms with E-state index in [4.69, 9.17) is 16.3 Å². The van der Waals surface area contributed by atoms with Crippen LogP contribution in [-0.4, -0.2) is 63.8 Å². The summed E-state index contributed by atoms with van der Waals surface area (Å²) >= 11 is 6.97. The molecule has 1 aliphatic rings. The molecule has 3 N–H and O–H groups in total. The van der Waals surface area contributed by atoms with Gasteiger partial charge in [0.25, 0.3) is 12.3 Å². The Morgan fingerprint density at radius 3 is 2.78 bits per heavy atom. The van der Waals surface area contributed by atoms with E-state index in [1.165, 1.54) is 6.20 Å². The lowest BCUT2D eigenvalue weighted by Crippen LogP contribution is -2.58. The molecule has 0 saturated carbocycles. The second-order valence-corrected chi connectivity index (χ2v) is 8.64. The minimum Gasteiger partial charge on any atom is -0.477 e. The third-order valence-electron chi connectivity index (χ3n) is 5.30. The van der Waals surface area contributed by atoms with E-state index >= 15 is 0 Å². The summed E-state index contributed by atoms with van der Waals surface area (Å²) < 4.78 is 31.4. The van der Waals surface area contributed by atoms with Crippen LogP contribution in [0.2, 0.25) is 5.15 Å². The molecule has 0 aromatic carbocycles. The first-order chi connectivity index (χ1) is 15.2. The molecule has 0 radical (unpaired) electrons. The third kappa shape index (κ3) is 5.36. The van der Waals surface area contributed by atoms with Crippen molar-refractivity contribution in [1.82, 2.24) is 20.3 Å². The third-order valence-corrected chi connectivity index (χ3v) is 6.63. The standard InChI is InChI=1S/C19H24ClF2N5O4S/c1-3-9-11(25-16(28)15-24-10(4-2)14(20)26-15)5-6-27(17(9)31-8-13(21)22)19-23-7-12(32-19)18(29)30/h7,9,11,13,17H,3-6,8H2,1-2H3,(H,24,26)(H,25,28)(H,29,30). The van der Waals surface area contributed by atoms with Gasteiger partial charge in [0.15, 0.2) is 16.1 Å². The molecule has 9 nitrogen and oxygen atoms in total. The van der Waals surface area contributed by atoms with Crippen molar-refractivity contribution >= 4 is 39.9 Å². The highest BCUT2D eigenvalue weighted by Gasteiger charge is 2.40. The van der Waals surface area contributed by atoms with Gasteiger partial charge in [0.05, 0.1) is 11.9 Å². The van der Waals surface area contributed by atoms with Gasteiger partial charge >= 0.3 is 5.97 Å². The smallest absolute Gasteiger partial charge is 0.347 e. The minimum atomic E-state index is -2.67. The van der Waals surface area contributed by atoms with Crippen LogP contribution in [0.25, 0.3) is 0 Å². The monoisotopic (exact) mass is 491 g/mol. The fourth-order valence-corrected chi connectivity index (χ4v) is 4.84. The van der Waals surface area contributed by atoms with Crippen LogP contribution < -0.4 is 10.2 Å². The van der Waals surface area contributed by atoms with E-state index in [9.17, 15) is 23.5 Å². The summed E-state index contributed by atoms with van der Waals surface area (Å²) in [6.07, 6.45) is -0.667. The molecule has 0 bridgehead atoms. The number of alkyl halides is 2. The number of carboxylic acids is 1. The molecule has 3 rings (SSSR count). The van der Waals surface area contributed by atoms with E-state index < -0.39 is 31.1 Å². The van der Waals surface area contributed by atoms with E-state index in [1.54, 1.807) is 4.90 Å². The lowest BCUT2D eigenvalue weighted by atomic mass is 9.88. The predicted octanol–water partition coefficient (Wildman–Crippen LogP) is 3.42. The molecule has 13 heteroatoms. The van der Waals surface area contributed by atoms with Gasteiger partial charge in [-0.25, -0.2) is 23.5 Å². The number of amides is 1. The number of hydrogen-bond donors (Lipinski definition) is 3. The number of halogens is 3. The van der Waals surface area contributed by atoms with Crippen molar-refractivity contribution in [2.24, 2.45) is 5.92 Å². The normalized spacial score (nSPS) is 21.2. The summed E-state index contributed by atoms with van der Waals surface area (Å²) in [7, 11) is 0. The number of aromatic amines is 1. The fraction of sp³-hybridized carbons (Fsp3) is 0.579. The summed E-state index contributed by atoms with van der Waals surface area (Å²) in [5, 5.41) is 12.7. The lowest BCUT2D eigenvalue weighted by Gasteiger charge is -2.45. The van der Waals surface area contributed by atoms with Crippen molar-refractivity contribution in [1.29, 1.82) is 0 Å². The summed E-state index contributed by atoms with van der Waals surface area (Å²) in [4.78, 5) is 36.8. The van der Waals surface area contributed by atoms with Gasteiger partial charge in [-0.2, -0.15) is 0 Å². The van der Waals surface area contributed by atoms with Gasteiger partial charge in [0, 0.05) is 18.5 Å². The Kier molecular flexibility index (Phi) is 8.01. The van der Waals surface area contributed by atoms with Crippen LogP contribution in [0.15, 0.2) is 6.20 Å². The average molecular weight is 492 g/mol. The molecular formula is C19H24ClF2N5O4S. The molecule has 176 valence electrons. The van der Waals surface area contributed by atoms with Gasteiger partial charge in [-0.05, 0) is 19.3 Å². The topological polar surface area (TPSA) is 120 Å². The zero-order valence-electron chi connectivity index (χ0n) is 17.5. The Labute approximate surface area is 192 Å². The molecule has 1 aliphatic heterocycles. The molecule has 1 amide bonds. The van der Waals surface area contributed by atoms with E-state index in [0.717, 1.165) is 11.3 Å². The number of carbonyl (C=O) groups is 2. The number of H-pyrrole nitrogens is 1. The number of piperidine rings is 1. The highest BCUT2D eigenvalue weighted by Crippen LogP contribution is 2.34. The second kappa shape index (κ2) is 10.5. The first-order valence-corrected chi connectivity index (χ1v) is 11.3. The van der Waals surface area contributed by atoms with Crippen LogP contribution in [-0.2, 0) is 11.2 Å². The number of nitrogens with one attached hydrogen (secondary N) is 2. The summed E-state index contributed by atoms with van der Waals surface area (Å²) in [5.74, 6) is -1.82. The van der Waals surface area contributed by atoms with Gasteiger partial charge in [-0.3, -0.25) is 4.79 Å². The van der Waals surface area contributed by atoms with Crippen LogP contribution >= 0.6 is 22.9 Å². The van der Waals surface area contributed by atoms with Crippen LogP contribution in [0.4, 0.5) is 13.9 Å². The number of carboxylic acid groups (broad SMARTS) is 1. The number of imidazole rings is 1. The van der Waals surface area contributed by atoms with Crippen molar-refractivity contribution in [3.63, 3.8) is 0 Å². The van der Waals surface area contributed by atoms with Gasteiger partial charge in [0.1, 0.15) is 17.7 Å². The average Bonchev–Trinajstić information content (AvgIpc) is 3.39. The molecule has 2 aromatic rings. The molecule has 0 spiro atoms. The summed E-state index contributed by atoms with van der Waals surface area (Å²) in [6, 6.07) is -0.376. The van der Waals surface area contributed by atoms with Gasteiger partial charge in [-0.15, -0.1) is 0 Å². The second-order valence-electron chi connectivity index (χ2n) is 7.27. The Morgan fingerprint density at radius 1 is 1.47 bits per heavy atom. The number of aryl methyl sites for hydroxylation is 1. The maximum Gasteiger partial charge on any atom is 0.347 e. The highest BCUT2D eigenvalue weighted by atomic mass is 35.5. The fourth-order valence-electron chi connectivity index (χ4n) is 3.77. The van der Waals surface area contributed by atoms with Crippen molar-refractivity contribution in [2.45, 2.75) is 51.8 Å². The number of aromatic carboxylic acids is 1. The predicted molar refractivity (Wildman–Crippen MR) is 115 cm³/mol. The summed E-state index contributed by atoms with van der Waals surface area (Å²) in [6.45, 7) is 3.29. The minimum absolute atomic E-state index is 0.0394. The maximum atomic E-state index is 12.9. The largest absolute Gasteiger partial charge is 0.477 e. The van der Waals surface area contributed by atoms with Gasteiger partial charge < -0.3 is 25.0 Å². The molecular weight excluding hydrogens is 468 g/mol. The van der Waals surface area contributed by atoms with E-state index in [1.807, 2.05) is 13.8 Å². The zero-order chi connectivity index (χ0) is 23.4. The number of rotatable bonds is 9. The van der Waals surface area contributed by atoms with Crippen molar-refractivity contribution in [2.75, 3.05) is 18.1 Å². The van der Waals surface area contributed by atoms with Gasteiger partial charge in [0.2, 0.25) is 0 Å². The molecule has 3 heterocycles. The van der Waals surface area contributed by atoms with Crippen molar-refractivity contribution in [3.05, 3.63) is 27.7 Å². The van der Waals surface area contributed by atoms with Crippen LogP contribution in [0.3, 0.4) is 0 Å². The number of aromatic nitrogens is 3. The molecule has 1 saturated heterocycles. The molecule has 1 fully saturated rings. The zero-order valence-corrected chi connectivity index (χ0v) is 19.1. The number of carbonyl (C=O) groups excluding carboxylic acids is 1. The number of thiazole rings is 1. The van der Waals surface area contributed by atoms with E-state index in [0.29, 0.717) is 36.6 Å². The SMILES string of the molecule is CCc1[nH]c(C(=O)NC2CCN(c3ncc(C(=O)O)s3)C(OCC(F)F)C2CC)nc1Cl. The molecule has 2 aromatic heterocycles. The Balaban J connectivity index is 1.81. The quantitative estimate of drug-likeness (QED) is 0.491. The number of ether oxygens (including phenoxy) is 1. The number of nitrogens with zero attached hydrogens (tertiary/aromatic N) is 3. The first kappa shape index (κ1) is 24.3. The van der Waals surface area contributed by atoms with Crippen LogP contribution in [0.1, 0.15) is 52.7 Å². The Bertz CT molecular complexity index is 956. The molecule has 3 unspecified atom stereocenters.